The molecule has 0 bridgehead atoms. The van der Waals surface area contributed by atoms with Gasteiger partial charge in [-0.15, -0.1) is 0 Å². The lowest BCUT2D eigenvalue weighted by atomic mass is 10.2. The summed E-state index contributed by atoms with van der Waals surface area (Å²) in [6.45, 7) is 2.89. The number of nitrogens with one attached hydrogen (secondary N) is 1. The van der Waals surface area contributed by atoms with Gasteiger partial charge in [-0.05, 0) is 37.7 Å². The number of aryl methyl sites for hydroxylation is 1. The lowest BCUT2D eigenvalue weighted by Gasteiger charge is -2.01. The molecule has 1 heterocycles. The summed E-state index contributed by atoms with van der Waals surface area (Å²) in [5, 5.41) is 7.55. The molecule has 1 aromatic heterocycles. The summed E-state index contributed by atoms with van der Waals surface area (Å²) < 4.78 is 1.90. The zero-order valence-corrected chi connectivity index (χ0v) is 9.07. The van der Waals surface area contributed by atoms with Gasteiger partial charge in [-0.3, -0.25) is 0 Å². The molecule has 2 aromatic rings. The molecule has 2 rings (SSSR count). The van der Waals surface area contributed by atoms with Crippen LogP contribution in [-0.4, -0.2) is 16.8 Å². The molecule has 0 fully saturated rings. The van der Waals surface area contributed by atoms with Crippen molar-refractivity contribution >= 4 is 0 Å². The molecule has 15 heavy (non-hydrogen) atoms. The van der Waals surface area contributed by atoms with Crippen molar-refractivity contribution in [1.82, 2.24) is 15.1 Å². The molecule has 0 radical (unpaired) electrons. The normalized spacial score (nSPS) is 10.5. The van der Waals surface area contributed by atoms with Crippen molar-refractivity contribution in [2.45, 2.75) is 13.5 Å². The Balaban J connectivity index is 2.29. The van der Waals surface area contributed by atoms with Gasteiger partial charge in [-0.2, -0.15) is 5.10 Å². The molecule has 0 aliphatic heterocycles. The van der Waals surface area contributed by atoms with Gasteiger partial charge < -0.3 is 5.32 Å². The number of nitrogens with zero attached hydrogens (tertiary/aromatic N) is 2. The van der Waals surface area contributed by atoms with Crippen molar-refractivity contribution in [3.05, 3.63) is 47.8 Å². The van der Waals surface area contributed by atoms with Crippen LogP contribution in [0, 0.1) is 6.92 Å². The quantitative estimate of drug-likeness (QED) is 0.822. The van der Waals surface area contributed by atoms with E-state index >= 15 is 0 Å². The van der Waals surface area contributed by atoms with Gasteiger partial charge in [0, 0.05) is 12.7 Å². The van der Waals surface area contributed by atoms with E-state index in [1.54, 1.807) is 0 Å². The molecular weight excluding hydrogens is 186 g/mol. The molecule has 0 spiro atoms. The first-order valence-corrected chi connectivity index (χ1v) is 5.06. The van der Waals surface area contributed by atoms with Crippen LogP contribution in [0.25, 0.3) is 5.69 Å². The Morgan fingerprint density at radius 2 is 2.20 bits per heavy atom. The first-order valence-electron chi connectivity index (χ1n) is 5.06. The Bertz CT molecular complexity index is 446. The first kappa shape index (κ1) is 9.93. The lowest BCUT2D eigenvalue weighted by molar-refractivity contribution is 0.757. The van der Waals surface area contributed by atoms with E-state index in [4.69, 9.17) is 0 Å². The van der Waals surface area contributed by atoms with Gasteiger partial charge >= 0.3 is 0 Å². The zero-order chi connectivity index (χ0) is 10.7. The van der Waals surface area contributed by atoms with Gasteiger partial charge in [0.05, 0.1) is 11.4 Å². The topological polar surface area (TPSA) is 29.9 Å². The Kier molecular flexibility index (Phi) is 2.83. The fourth-order valence-corrected chi connectivity index (χ4v) is 1.55. The largest absolute Gasteiger partial charge is 0.314 e. The van der Waals surface area contributed by atoms with Gasteiger partial charge in [0.1, 0.15) is 0 Å². The minimum atomic E-state index is 0.804. The van der Waals surface area contributed by atoms with E-state index < -0.39 is 0 Å². The molecule has 0 aliphatic carbocycles. The minimum absolute atomic E-state index is 0.804. The number of hydrogen-bond acceptors (Lipinski definition) is 2. The Morgan fingerprint density at radius 1 is 1.33 bits per heavy atom. The van der Waals surface area contributed by atoms with Crippen LogP contribution in [0.2, 0.25) is 0 Å². The third-order valence-electron chi connectivity index (χ3n) is 2.27. The van der Waals surface area contributed by atoms with Gasteiger partial charge in [0.15, 0.2) is 0 Å². The van der Waals surface area contributed by atoms with Crippen molar-refractivity contribution in [1.29, 1.82) is 0 Å². The summed E-state index contributed by atoms with van der Waals surface area (Å²) in [6, 6.07) is 10.3. The smallest absolute Gasteiger partial charge is 0.0766 e. The van der Waals surface area contributed by atoms with Gasteiger partial charge in [0.25, 0.3) is 0 Å². The van der Waals surface area contributed by atoms with Crippen molar-refractivity contribution in [3.63, 3.8) is 0 Å². The molecule has 0 amide bonds. The maximum atomic E-state index is 4.47. The highest BCUT2D eigenvalue weighted by atomic mass is 15.3. The maximum Gasteiger partial charge on any atom is 0.0766 e. The second-order valence-electron chi connectivity index (χ2n) is 3.62. The molecule has 3 heteroatoms. The van der Waals surface area contributed by atoms with E-state index in [1.807, 2.05) is 30.1 Å². The van der Waals surface area contributed by atoms with Crippen LogP contribution in [0.3, 0.4) is 0 Å². The molecule has 0 atom stereocenters. The summed E-state index contributed by atoms with van der Waals surface area (Å²) in [6.07, 6.45) is 1.99. The minimum Gasteiger partial charge on any atom is -0.314 e. The molecule has 0 unspecified atom stereocenters. The standard InChI is InChI=1S/C12H15N3/c1-10-4-3-5-12(8-10)15-7-6-11(14-15)9-13-2/h3-8,13H,9H2,1-2H3. The van der Waals surface area contributed by atoms with E-state index in [0.29, 0.717) is 0 Å². The van der Waals surface area contributed by atoms with E-state index in [-0.39, 0.29) is 0 Å². The van der Waals surface area contributed by atoms with Crippen molar-refractivity contribution < 1.29 is 0 Å². The van der Waals surface area contributed by atoms with Crippen LogP contribution >= 0.6 is 0 Å². The molecule has 0 saturated heterocycles. The lowest BCUT2D eigenvalue weighted by Crippen LogP contribution is -2.06. The van der Waals surface area contributed by atoms with Crippen LogP contribution in [0.5, 0.6) is 0 Å². The van der Waals surface area contributed by atoms with Crippen LogP contribution in [-0.2, 0) is 6.54 Å². The third-order valence-corrected chi connectivity index (χ3v) is 2.27. The zero-order valence-electron chi connectivity index (χ0n) is 9.07. The van der Waals surface area contributed by atoms with Crippen LogP contribution in [0.4, 0.5) is 0 Å². The van der Waals surface area contributed by atoms with Gasteiger partial charge in [0.2, 0.25) is 0 Å². The van der Waals surface area contributed by atoms with E-state index in [2.05, 4.69) is 35.5 Å². The average molecular weight is 201 g/mol. The molecule has 0 saturated carbocycles. The second-order valence-corrected chi connectivity index (χ2v) is 3.62. The van der Waals surface area contributed by atoms with E-state index in [0.717, 1.165) is 17.9 Å². The van der Waals surface area contributed by atoms with E-state index in [9.17, 15) is 0 Å². The van der Waals surface area contributed by atoms with Crippen molar-refractivity contribution in [2.75, 3.05) is 7.05 Å². The first-order chi connectivity index (χ1) is 7.29. The third kappa shape index (κ3) is 2.25. The molecule has 78 valence electrons. The molecular formula is C12H15N3. The molecule has 3 nitrogen and oxygen atoms in total. The maximum absolute atomic E-state index is 4.47. The van der Waals surface area contributed by atoms with Gasteiger partial charge in [-0.25, -0.2) is 4.68 Å². The van der Waals surface area contributed by atoms with Crippen molar-refractivity contribution in [2.24, 2.45) is 0 Å². The van der Waals surface area contributed by atoms with Crippen LogP contribution < -0.4 is 5.32 Å². The number of hydrogen-bond donors (Lipinski definition) is 1. The summed E-state index contributed by atoms with van der Waals surface area (Å²) in [5.74, 6) is 0. The van der Waals surface area contributed by atoms with Crippen molar-refractivity contribution in [3.8, 4) is 5.69 Å². The monoisotopic (exact) mass is 201 g/mol. The SMILES string of the molecule is CNCc1ccn(-c2cccc(C)c2)n1. The van der Waals surface area contributed by atoms with Crippen LogP contribution in [0.1, 0.15) is 11.3 Å². The van der Waals surface area contributed by atoms with Crippen LogP contribution in [0.15, 0.2) is 36.5 Å². The summed E-state index contributed by atoms with van der Waals surface area (Å²) in [7, 11) is 1.92. The second kappa shape index (κ2) is 4.28. The molecule has 1 N–H and O–H groups in total. The fraction of sp³-hybridized carbons (Fsp3) is 0.250. The Labute approximate surface area is 89.7 Å². The highest BCUT2D eigenvalue weighted by molar-refractivity contribution is 5.34. The molecule has 1 aromatic carbocycles. The predicted molar refractivity (Wildman–Crippen MR) is 61.1 cm³/mol. The Morgan fingerprint density at radius 3 is 2.93 bits per heavy atom. The number of rotatable bonds is 3. The summed E-state index contributed by atoms with van der Waals surface area (Å²) in [4.78, 5) is 0. The number of benzene rings is 1. The highest BCUT2D eigenvalue weighted by Crippen LogP contribution is 2.09. The Hall–Kier alpha value is -1.61. The average Bonchev–Trinajstić information content (AvgIpc) is 2.67. The fourth-order valence-electron chi connectivity index (χ4n) is 1.55. The number of aromatic nitrogens is 2. The predicted octanol–water partition coefficient (Wildman–Crippen LogP) is 1.90. The van der Waals surface area contributed by atoms with Gasteiger partial charge in [-0.1, -0.05) is 12.1 Å². The highest BCUT2D eigenvalue weighted by Gasteiger charge is 1.99. The summed E-state index contributed by atoms with van der Waals surface area (Å²) in [5.41, 5.74) is 3.41. The van der Waals surface area contributed by atoms with E-state index in [1.165, 1.54) is 5.56 Å². The summed E-state index contributed by atoms with van der Waals surface area (Å²) >= 11 is 0. The molecule has 0 aliphatic rings.